The van der Waals surface area contributed by atoms with Crippen molar-refractivity contribution in [3.8, 4) is 0 Å². The predicted octanol–water partition coefficient (Wildman–Crippen LogP) is 1.47. The van der Waals surface area contributed by atoms with E-state index in [-0.39, 0.29) is 6.04 Å². The third-order valence-electron chi connectivity index (χ3n) is 3.84. The van der Waals surface area contributed by atoms with Gasteiger partial charge < -0.3 is 14.6 Å². The van der Waals surface area contributed by atoms with Crippen LogP contribution < -0.4 is 5.32 Å². The molecule has 0 aliphatic rings. The van der Waals surface area contributed by atoms with Gasteiger partial charge in [0.1, 0.15) is 18.0 Å². The van der Waals surface area contributed by atoms with Crippen molar-refractivity contribution in [3.05, 3.63) is 24.2 Å². The van der Waals surface area contributed by atoms with Gasteiger partial charge >= 0.3 is 0 Å². The maximum Gasteiger partial charge on any atom is 0.163 e. The molecule has 0 bridgehead atoms. The van der Waals surface area contributed by atoms with Gasteiger partial charge in [0, 0.05) is 27.3 Å². The Morgan fingerprint density at radius 2 is 2.17 bits per heavy atom. The molecule has 3 heterocycles. The quantitative estimate of drug-likeness (QED) is 0.655. The number of nitrogens with one attached hydrogen (secondary N) is 1. The van der Waals surface area contributed by atoms with E-state index in [1.807, 2.05) is 25.5 Å². The van der Waals surface area contributed by atoms with Crippen LogP contribution in [0.15, 0.2) is 12.5 Å². The highest BCUT2D eigenvalue weighted by Crippen LogP contribution is 2.23. The van der Waals surface area contributed by atoms with Gasteiger partial charge in [-0.3, -0.25) is 4.68 Å². The molecule has 9 nitrogen and oxygen atoms in total. The normalized spacial score (nSPS) is 12.7. The number of hydrogen-bond acceptors (Lipinski definition) is 7. The molecule has 3 aromatic rings. The summed E-state index contributed by atoms with van der Waals surface area (Å²) in [5, 5.41) is 16.8. The Balaban J connectivity index is 1.83. The third kappa shape index (κ3) is 3.21. The molecule has 0 saturated carbocycles. The summed E-state index contributed by atoms with van der Waals surface area (Å²) in [5.41, 5.74) is 0.804. The maximum absolute atomic E-state index is 5.10. The van der Waals surface area contributed by atoms with Gasteiger partial charge in [-0.2, -0.15) is 5.10 Å². The summed E-state index contributed by atoms with van der Waals surface area (Å²) in [4.78, 5) is 8.95. The molecule has 3 rings (SSSR count). The molecule has 0 spiro atoms. The number of fused-ring (bicyclic) bond motifs is 1. The van der Waals surface area contributed by atoms with Crippen LogP contribution in [0.2, 0.25) is 0 Å². The van der Waals surface area contributed by atoms with Crippen molar-refractivity contribution in [2.45, 2.75) is 32.9 Å². The number of nitrogens with zero attached hydrogens (tertiary/aromatic N) is 7. The molecule has 3 aromatic heterocycles. The second-order valence-corrected chi connectivity index (χ2v) is 5.72. The second-order valence-electron chi connectivity index (χ2n) is 5.72. The first-order chi connectivity index (χ1) is 11.6. The van der Waals surface area contributed by atoms with Crippen molar-refractivity contribution in [2.75, 3.05) is 19.0 Å². The van der Waals surface area contributed by atoms with Gasteiger partial charge in [0.2, 0.25) is 0 Å². The third-order valence-corrected chi connectivity index (χ3v) is 3.84. The van der Waals surface area contributed by atoms with Crippen LogP contribution >= 0.6 is 0 Å². The van der Waals surface area contributed by atoms with Gasteiger partial charge in [-0.1, -0.05) is 0 Å². The van der Waals surface area contributed by atoms with Crippen molar-refractivity contribution in [2.24, 2.45) is 7.05 Å². The molecule has 0 saturated heterocycles. The van der Waals surface area contributed by atoms with E-state index in [1.54, 1.807) is 24.3 Å². The lowest BCUT2D eigenvalue weighted by atomic mass is 10.2. The topological polar surface area (TPSA) is 95.6 Å². The molecule has 1 unspecified atom stereocenters. The largest absolute Gasteiger partial charge is 0.385 e. The first kappa shape index (κ1) is 16.3. The summed E-state index contributed by atoms with van der Waals surface area (Å²) in [6.45, 7) is 5.43. The molecule has 0 aromatic carbocycles. The van der Waals surface area contributed by atoms with Crippen molar-refractivity contribution in [1.29, 1.82) is 0 Å². The minimum Gasteiger partial charge on any atom is -0.385 e. The van der Waals surface area contributed by atoms with E-state index in [0.29, 0.717) is 12.4 Å². The SMILES string of the molecule is COCCCn1cnnc1C(C)Nc1nc(C)nc2c1cnn2C. The molecule has 0 radical (unpaired) electrons. The van der Waals surface area contributed by atoms with Crippen LogP contribution in [-0.2, 0) is 18.3 Å². The predicted molar refractivity (Wildman–Crippen MR) is 89.6 cm³/mol. The van der Waals surface area contributed by atoms with E-state index in [4.69, 9.17) is 4.74 Å². The minimum atomic E-state index is -0.0484. The highest BCUT2D eigenvalue weighted by atomic mass is 16.5. The van der Waals surface area contributed by atoms with Gasteiger partial charge in [0.05, 0.1) is 17.6 Å². The van der Waals surface area contributed by atoms with E-state index < -0.39 is 0 Å². The zero-order valence-corrected chi connectivity index (χ0v) is 14.4. The lowest BCUT2D eigenvalue weighted by Gasteiger charge is -2.16. The molecule has 1 N–H and O–H groups in total. The van der Waals surface area contributed by atoms with Crippen molar-refractivity contribution < 1.29 is 4.74 Å². The first-order valence-electron chi connectivity index (χ1n) is 7.89. The van der Waals surface area contributed by atoms with E-state index in [0.717, 1.165) is 35.6 Å². The Labute approximate surface area is 140 Å². The van der Waals surface area contributed by atoms with Crippen LogP contribution in [0.5, 0.6) is 0 Å². The summed E-state index contributed by atoms with van der Waals surface area (Å²) < 4.78 is 8.88. The summed E-state index contributed by atoms with van der Waals surface area (Å²) in [6.07, 6.45) is 4.43. The fourth-order valence-electron chi connectivity index (χ4n) is 2.66. The monoisotopic (exact) mass is 330 g/mol. The molecule has 0 aliphatic carbocycles. The summed E-state index contributed by atoms with van der Waals surface area (Å²) in [6, 6.07) is -0.0484. The lowest BCUT2D eigenvalue weighted by Crippen LogP contribution is -2.15. The number of aryl methyl sites for hydroxylation is 3. The average molecular weight is 330 g/mol. The number of hydrogen-bond donors (Lipinski definition) is 1. The Hall–Kier alpha value is -2.55. The first-order valence-corrected chi connectivity index (χ1v) is 7.89. The van der Waals surface area contributed by atoms with Crippen molar-refractivity contribution >= 4 is 16.9 Å². The van der Waals surface area contributed by atoms with Crippen LogP contribution in [0.4, 0.5) is 5.82 Å². The minimum absolute atomic E-state index is 0.0484. The molecule has 0 amide bonds. The second kappa shape index (κ2) is 6.91. The fourth-order valence-corrected chi connectivity index (χ4v) is 2.66. The Kier molecular flexibility index (Phi) is 4.70. The number of aromatic nitrogens is 7. The highest BCUT2D eigenvalue weighted by Gasteiger charge is 2.17. The fraction of sp³-hybridized carbons (Fsp3) is 0.533. The molecule has 0 fully saturated rings. The highest BCUT2D eigenvalue weighted by molar-refractivity contribution is 5.86. The van der Waals surface area contributed by atoms with Crippen LogP contribution in [-0.4, -0.2) is 48.2 Å². The van der Waals surface area contributed by atoms with Gasteiger partial charge in [-0.05, 0) is 20.3 Å². The van der Waals surface area contributed by atoms with Crippen LogP contribution in [0.25, 0.3) is 11.0 Å². The van der Waals surface area contributed by atoms with E-state index in [9.17, 15) is 0 Å². The number of ether oxygens (including phenoxy) is 1. The molecular formula is C15H22N8O. The van der Waals surface area contributed by atoms with Gasteiger partial charge in [-0.15, -0.1) is 10.2 Å². The lowest BCUT2D eigenvalue weighted by molar-refractivity contribution is 0.190. The zero-order chi connectivity index (χ0) is 17.1. The standard InChI is InChI=1S/C15H22N8O/c1-10(14-21-16-9-23(14)6-5-7-24-4)18-13-12-8-17-22(3)15(12)20-11(2)19-13/h8-10H,5-7H2,1-4H3,(H,18,19,20). The molecule has 24 heavy (non-hydrogen) atoms. The number of rotatable bonds is 7. The summed E-state index contributed by atoms with van der Waals surface area (Å²) >= 11 is 0. The maximum atomic E-state index is 5.10. The Bertz CT molecular complexity index is 824. The average Bonchev–Trinajstić information content (AvgIpc) is 3.15. The molecular weight excluding hydrogens is 308 g/mol. The Morgan fingerprint density at radius 1 is 1.33 bits per heavy atom. The molecule has 0 aliphatic heterocycles. The van der Waals surface area contributed by atoms with Gasteiger partial charge in [-0.25, -0.2) is 9.97 Å². The van der Waals surface area contributed by atoms with Crippen LogP contribution in [0.1, 0.15) is 31.0 Å². The van der Waals surface area contributed by atoms with Crippen molar-refractivity contribution in [3.63, 3.8) is 0 Å². The van der Waals surface area contributed by atoms with E-state index >= 15 is 0 Å². The molecule has 1 atom stereocenters. The van der Waals surface area contributed by atoms with Crippen LogP contribution in [0, 0.1) is 6.92 Å². The van der Waals surface area contributed by atoms with E-state index in [2.05, 4.69) is 30.6 Å². The Morgan fingerprint density at radius 3 is 2.96 bits per heavy atom. The summed E-state index contributed by atoms with van der Waals surface area (Å²) in [7, 11) is 3.57. The molecule has 9 heteroatoms. The summed E-state index contributed by atoms with van der Waals surface area (Å²) in [5.74, 6) is 2.31. The molecule has 128 valence electrons. The number of methoxy groups -OCH3 is 1. The van der Waals surface area contributed by atoms with Crippen molar-refractivity contribution in [1.82, 2.24) is 34.5 Å². The van der Waals surface area contributed by atoms with Crippen LogP contribution in [0.3, 0.4) is 0 Å². The van der Waals surface area contributed by atoms with Gasteiger partial charge in [0.15, 0.2) is 11.5 Å². The zero-order valence-electron chi connectivity index (χ0n) is 14.4. The number of anilines is 1. The van der Waals surface area contributed by atoms with E-state index in [1.165, 1.54) is 0 Å². The van der Waals surface area contributed by atoms with Gasteiger partial charge in [0.25, 0.3) is 0 Å². The smallest absolute Gasteiger partial charge is 0.163 e.